The lowest BCUT2D eigenvalue weighted by atomic mass is 9.85. The predicted octanol–water partition coefficient (Wildman–Crippen LogP) is 1.75. The quantitative estimate of drug-likeness (QED) is 0.682. The first kappa shape index (κ1) is 21.4. The molecule has 4 N–H and O–H groups in total. The van der Waals surface area contributed by atoms with Gasteiger partial charge in [-0.1, -0.05) is 39.0 Å². The Kier molecular flexibility index (Phi) is 5.82. The number of aromatic nitrogens is 1. The molecule has 1 aromatic heterocycles. The monoisotopic (exact) mass is 414 g/mol. The molecule has 0 saturated carbocycles. The molecular formula is C21H26N4O5. The van der Waals surface area contributed by atoms with Crippen molar-refractivity contribution in [3.63, 3.8) is 0 Å². The van der Waals surface area contributed by atoms with Gasteiger partial charge in [-0.25, -0.2) is 9.78 Å². The second-order valence-electron chi connectivity index (χ2n) is 8.47. The number of hydrogen-bond acceptors (Lipinski definition) is 5. The number of nitrogens with one attached hydrogen (secondary N) is 1. The van der Waals surface area contributed by atoms with Crippen molar-refractivity contribution < 1.29 is 24.2 Å². The number of carbonyl (C=O) groups is 3. The lowest BCUT2D eigenvalue weighted by molar-refractivity contribution is -0.141. The van der Waals surface area contributed by atoms with Crippen molar-refractivity contribution >= 4 is 28.7 Å². The molecule has 1 fully saturated rings. The van der Waals surface area contributed by atoms with Crippen molar-refractivity contribution in [1.82, 2.24) is 15.2 Å². The molecule has 2 aromatic rings. The fourth-order valence-corrected chi connectivity index (χ4v) is 3.68. The summed E-state index contributed by atoms with van der Waals surface area (Å²) in [6.45, 7) is 5.34. The Labute approximate surface area is 174 Å². The van der Waals surface area contributed by atoms with Crippen LogP contribution in [0.3, 0.4) is 0 Å². The van der Waals surface area contributed by atoms with E-state index in [0.717, 1.165) is 10.8 Å². The molecule has 9 nitrogen and oxygen atoms in total. The van der Waals surface area contributed by atoms with Crippen LogP contribution < -0.4 is 15.8 Å². The van der Waals surface area contributed by atoms with Gasteiger partial charge in [0.05, 0.1) is 6.54 Å². The largest absolute Gasteiger partial charge is 0.472 e. The molecule has 2 unspecified atom stereocenters. The van der Waals surface area contributed by atoms with E-state index in [-0.39, 0.29) is 13.0 Å². The molecule has 0 spiro atoms. The minimum atomic E-state index is -1.31. The normalized spacial score (nSPS) is 20.0. The number of pyridine rings is 1. The number of primary amides is 1. The molecular weight excluding hydrogens is 388 g/mol. The van der Waals surface area contributed by atoms with Gasteiger partial charge in [-0.05, 0) is 22.9 Å². The zero-order chi connectivity index (χ0) is 22.1. The van der Waals surface area contributed by atoms with Crippen molar-refractivity contribution in [1.29, 1.82) is 0 Å². The summed E-state index contributed by atoms with van der Waals surface area (Å²) < 4.78 is 6.05. The van der Waals surface area contributed by atoms with E-state index in [1.807, 2.05) is 30.3 Å². The van der Waals surface area contributed by atoms with Crippen molar-refractivity contribution in [2.75, 3.05) is 6.54 Å². The number of amides is 3. The molecule has 1 aromatic carbocycles. The molecule has 3 rings (SSSR count). The van der Waals surface area contributed by atoms with Crippen LogP contribution in [0.5, 0.6) is 5.88 Å². The molecule has 0 radical (unpaired) electrons. The van der Waals surface area contributed by atoms with Crippen molar-refractivity contribution in [2.45, 2.75) is 45.4 Å². The van der Waals surface area contributed by atoms with Gasteiger partial charge in [0.25, 0.3) is 0 Å². The third kappa shape index (κ3) is 4.45. The van der Waals surface area contributed by atoms with E-state index < -0.39 is 41.5 Å². The van der Waals surface area contributed by atoms with Crippen LogP contribution in [0.1, 0.15) is 27.2 Å². The maximum atomic E-state index is 13.2. The van der Waals surface area contributed by atoms with Crippen molar-refractivity contribution in [3.8, 4) is 5.88 Å². The first-order valence-corrected chi connectivity index (χ1v) is 9.67. The maximum absolute atomic E-state index is 13.2. The van der Waals surface area contributed by atoms with E-state index in [1.165, 1.54) is 4.90 Å². The fourth-order valence-electron chi connectivity index (χ4n) is 3.68. The number of rotatable bonds is 5. The van der Waals surface area contributed by atoms with E-state index in [4.69, 9.17) is 15.6 Å². The number of carboxylic acid groups (broad SMARTS) is 1. The Balaban J connectivity index is 1.85. The number of carbonyl (C=O) groups excluding carboxylic acids is 2. The number of likely N-dealkylation sites (tertiary alicyclic amines) is 1. The number of benzene rings is 1. The first-order valence-electron chi connectivity index (χ1n) is 9.67. The van der Waals surface area contributed by atoms with Crippen molar-refractivity contribution in [2.24, 2.45) is 11.1 Å². The van der Waals surface area contributed by atoms with E-state index in [1.54, 1.807) is 27.0 Å². The van der Waals surface area contributed by atoms with Gasteiger partial charge in [-0.2, -0.15) is 0 Å². The smallest absolute Gasteiger partial charge is 0.405 e. The average Bonchev–Trinajstić information content (AvgIpc) is 3.09. The maximum Gasteiger partial charge on any atom is 0.405 e. The summed E-state index contributed by atoms with van der Waals surface area (Å²) in [6, 6.07) is 7.54. The summed E-state index contributed by atoms with van der Waals surface area (Å²) in [4.78, 5) is 42.0. The van der Waals surface area contributed by atoms with Crippen LogP contribution in [0, 0.1) is 5.41 Å². The van der Waals surface area contributed by atoms with Crippen LogP contribution >= 0.6 is 0 Å². The van der Waals surface area contributed by atoms with Gasteiger partial charge in [-0.15, -0.1) is 0 Å². The van der Waals surface area contributed by atoms with Gasteiger partial charge in [0, 0.05) is 18.0 Å². The van der Waals surface area contributed by atoms with Crippen LogP contribution in [0.2, 0.25) is 0 Å². The van der Waals surface area contributed by atoms with E-state index >= 15 is 0 Å². The summed E-state index contributed by atoms with van der Waals surface area (Å²) in [5.74, 6) is -0.763. The number of nitrogens with zero attached hydrogens (tertiary/aromatic N) is 2. The molecule has 1 aliphatic heterocycles. The van der Waals surface area contributed by atoms with Crippen molar-refractivity contribution in [3.05, 3.63) is 36.5 Å². The second kappa shape index (κ2) is 8.17. The molecule has 0 bridgehead atoms. The van der Waals surface area contributed by atoms with Gasteiger partial charge in [-0.3, -0.25) is 9.59 Å². The Hall–Kier alpha value is -3.36. The molecule has 9 heteroatoms. The highest BCUT2D eigenvalue weighted by molar-refractivity contribution is 5.92. The summed E-state index contributed by atoms with van der Waals surface area (Å²) in [5, 5.41) is 13.2. The third-order valence-electron chi connectivity index (χ3n) is 5.17. The minimum absolute atomic E-state index is 0.102. The van der Waals surface area contributed by atoms with Crippen LogP contribution in [-0.2, 0) is 9.59 Å². The van der Waals surface area contributed by atoms with Gasteiger partial charge < -0.3 is 25.8 Å². The topological polar surface area (TPSA) is 135 Å². The lowest BCUT2D eigenvalue weighted by Crippen LogP contribution is -2.57. The standard InChI is InChI=1S/C21H26N4O5/c1-21(2,3)16(24-20(28)29)19(27)25-11-13(10-15(25)17(22)26)30-18-14-7-5-4-6-12(14)8-9-23-18/h4-9,13,15-16,24H,10-11H2,1-3H3,(H2,22,26)(H,28,29)/t13-,15?,16?/m1/s1. The van der Waals surface area contributed by atoms with Crippen LogP contribution in [0.25, 0.3) is 10.8 Å². The fraction of sp³-hybridized carbons (Fsp3) is 0.429. The lowest BCUT2D eigenvalue weighted by Gasteiger charge is -2.34. The molecule has 30 heavy (non-hydrogen) atoms. The number of hydrogen-bond donors (Lipinski definition) is 3. The van der Waals surface area contributed by atoms with E-state index in [9.17, 15) is 14.4 Å². The molecule has 160 valence electrons. The van der Waals surface area contributed by atoms with Gasteiger partial charge >= 0.3 is 6.09 Å². The summed E-state index contributed by atoms with van der Waals surface area (Å²) >= 11 is 0. The molecule has 1 saturated heterocycles. The molecule has 1 aliphatic rings. The SMILES string of the molecule is CC(C)(C)C(NC(=O)O)C(=O)N1C[C@H](Oc2nccc3ccccc23)CC1C(N)=O. The second-order valence-corrected chi connectivity index (χ2v) is 8.47. The summed E-state index contributed by atoms with van der Waals surface area (Å²) in [5.41, 5.74) is 4.84. The minimum Gasteiger partial charge on any atom is -0.472 e. The molecule has 3 atom stereocenters. The van der Waals surface area contributed by atoms with E-state index in [2.05, 4.69) is 10.3 Å². The average molecular weight is 414 g/mol. The Morgan fingerprint density at radius 3 is 2.60 bits per heavy atom. The Bertz CT molecular complexity index is 966. The third-order valence-corrected chi connectivity index (χ3v) is 5.17. The van der Waals surface area contributed by atoms with E-state index in [0.29, 0.717) is 5.88 Å². The zero-order valence-electron chi connectivity index (χ0n) is 17.2. The zero-order valence-corrected chi connectivity index (χ0v) is 17.2. The molecule has 3 amide bonds. The van der Waals surface area contributed by atoms with Crippen LogP contribution in [-0.4, -0.2) is 57.6 Å². The number of ether oxygens (including phenoxy) is 1. The molecule has 0 aliphatic carbocycles. The predicted molar refractivity (Wildman–Crippen MR) is 110 cm³/mol. The van der Waals surface area contributed by atoms with Crippen LogP contribution in [0.4, 0.5) is 4.79 Å². The van der Waals surface area contributed by atoms with Gasteiger partial charge in [0.1, 0.15) is 18.2 Å². The summed E-state index contributed by atoms with van der Waals surface area (Å²) in [7, 11) is 0. The summed E-state index contributed by atoms with van der Waals surface area (Å²) in [6.07, 6.45) is 0.0183. The highest BCUT2D eigenvalue weighted by atomic mass is 16.5. The first-order chi connectivity index (χ1) is 14.1. The number of fused-ring (bicyclic) bond motifs is 1. The Morgan fingerprint density at radius 1 is 1.27 bits per heavy atom. The highest BCUT2D eigenvalue weighted by Gasteiger charge is 2.45. The highest BCUT2D eigenvalue weighted by Crippen LogP contribution is 2.29. The Morgan fingerprint density at radius 2 is 1.97 bits per heavy atom. The van der Waals surface area contributed by atoms with Crippen LogP contribution in [0.15, 0.2) is 36.5 Å². The van der Waals surface area contributed by atoms with Gasteiger partial charge in [0.2, 0.25) is 17.7 Å². The molecule has 2 heterocycles. The van der Waals surface area contributed by atoms with Gasteiger partial charge in [0.15, 0.2) is 0 Å². The number of nitrogens with two attached hydrogens (primary N) is 1.